The molecular formula is C6H6FeK3O15-3. The Labute approximate surface area is 276 Å². The Morgan fingerprint density at radius 1 is 0.360 bits per heavy atom. The molecule has 0 fully saturated rings. The Kier molecular flexibility index (Phi) is 103. The molecule has 25 heavy (non-hydrogen) atoms. The fourth-order valence-electron chi connectivity index (χ4n) is 0. The minimum Gasteiger partial charge on any atom is -0.543 e. The van der Waals surface area contributed by atoms with Crippen LogP contribution in [0.2, 0.25) is 0 Å². The number of rotatable bonds is 0. The van der Waals surface area contributed by atoms with Crippen molar-refractivity contribution in [3.8, 4) is 0 Å². The molecule has 0 aromatic rings. The zero-order valence-corrected chi connectivity index (χ0v) is 23.2. The van der Waals surface area contributed by atoms with Crippen LogP contribution in [0.5, 0.6) is 0 Å². The van der Waals surface area contributed by atoms with Crippen LogP contribution < -0.4 is 185 Å². The van der Waals surface area contributed by atoms with Crippen molar-refractivity contribution in [2.24, 2.45) is 0 Å². The maximum Gasteiger partial charge on any atom is 1.00 e. The molecule has 0 unspecified atom stereocenters. The van der Waals surface area contributed by atoms with Crippen molar-refractivity contribution in [1.82, 2.24) is 0 Å². The van der Waals surface area contributed by atoms with E-state index in [0.717, 1.165) is 0 Å². The number of aliphatic carboxylic acids is 6. The average Bonchev–Trinajstić information content (AvgIpc) is 2.18. The third-order valence-electron chi connectivity index (χ3n) is 0.500. The van der Waals surface area contributed by atoms with E-state index >= 15 is 0 Å². The Bertz CT molecular complexity index is 292. The van der Waals surface area contributed by atoms with Crippen molar-refractivity contribution in [2.75, 3.05) is 0 Å². The Morgan fingerprint density at radius 3 is 0.400 bits per heavy atom. The molecule has 134 valence electrons. The van der Waals surface area contributed by atoms with Crippen LogP contribution in [0.25, 0.3) is 0 Å². The molecule has 0 aromatic heterocycles. The maximum atomic E-state index is 8.93. The molecule has 0 aromatic carbocycles. The molecule has 0 bridgehead atoms. The first-order chi connectivity index (χ1) is 7.93. The van der Waals surface area contributed by atoms with Gasteiger partial charge in [-0.25, -0.2) is 0 Å². The summed E-state index contributed by atoms with van der Waals surface area (Å²) < 4.78 is 0. The van der Waals surface area contributed by atoms with Crippen LogP contribution in [0, 0.1) is 0 Å². The summed E-state index contributed by atoms with van der Waals surface area (Å²) in [5, 5.41) is 53.6. The number of hydrogen-bond acceptors (Lipinski definition) is 12. The molecule has 0 radical (unpaired) electrons. The molecule has 0 spiro atoms. The summed E-state index contributed by atoms with van der Waals surface area (Å²) in [6, 6.07) is 0. The summed E-state index contributed by atoms with van der Waals surface area (Å²) in [5.41, 5.74) is 0. The van der Waals surface area contributed by atoms with Gasteiger partial charge in [-0.2, -0.15) is 0 Å². The molecule has 0 aliphatic heterocycles. The average molecular weight is 491 g/mol. The van der Waals surface area contributed by atoms with Crippen molar-refractivity contribution in [3.63, 3.8) is 0 Å². The van der Waals surface area contributed by atoms with Gasteiger partial charge in [0.1, 0.15) is 0 Å². The van der Waals surface area contributed by atoms with Gasteiger partial charge >= 0.3 is 154 Å². The van der Waals surface area contributed by atoms with Gasteiger partial charge < -0.3 is 75.8 Å². The topological polar surface area (TPSA) is 335 Å². The van der Waals surface area contributed by atoms with Gasteiger partial charge in [0.25, 0.3) is 0 Å². The fraction of sp³-hybridized carbons (Fsp3) is 0. The van der Waals surface area contributed by atoms with Crippen LogP contribution in [-0.4, -0.2) is 52.2 Å². The summed E-state index contributed by atoms with van der Waals surface area (Å²) in [6.45, 7) is 0. The van der Waals surface area contributed by atoms with Crippen LogP contribution in [0.1, 0.15) is 0 Å². The summed E-state index contributed by atoms with van der Waals surface area (Å²) >= 11 is 0. The third kappa shape index (κ3) is 76.2. The van der Waals surface area contributed by atoms with Crippen LogP contribution in [-0.2, 0) is 45.8 Å². The summed E-state index contributed by atoms with van der Waals surface area (Å²) in [7, 11) is 0. The van der Waals surface area contributed by atoms with Gasteiger partial charge in [0.05, 0.1) is 35.8 Å². The zero-order valence-electron chi connectivity index (χ0n) is 12.8. The molecular weight excluding hydrogens is 485 g/mol. The van der Waals surface area contributed by atoms with Gasteiger partial charge in [-0.1, -0.05) is 0 Å². The van der Waals surface area contributed by atoms with Crippen molar-refractivity contribution in [2.45, 2.75) is 0 Å². The standard InChI is InChI=1S/3C2H2O4.Fe.3K.3H2O/c3*3-1(4)2(5)6;;;;;;;/h3*(H,3,4)(H,5,6);;;;;3*1H2/q;;;;3*+1;;;/p-6. The van der Waals surface area contributed by atoms with Gasteiger partial charge in [-0.05, 0) is 0 Å². The second-order valence-corrected chi connectivity index (χ2v) is 1.72. The molecule has 0 amide bonds. The van der Waals surface area contributed by atoms with Crippen LogP contribution >= 0.6 is 0 Å². The summed E-state index contributed by atoms with van der Waals surface area (Å²) in [4.78, 5) is 53.6. The van der Waals surface area contributed by atoms with Crippen molar-refractivity contribution < 1.29 is 247 Å². The van der Waals surface area contributed by atoms with E-state index in [0.29, 0.717) is 0 Å². The number of carbonyl (C=O) groups excluding carboxylic acids is 6. The monoisotopic (exact) mass is 491 g/mol. The van der Waals surface area contributed by atoms with Crippen LogP contribution in [0.15, 0.2) is 0 Å². The quantitative estimate of drug-likeness (QED) is 0.225. The number of hydrogen-bond donors (Lipinski definition) is 0. The van der Waals surface area contributed by atoms with Crippen molar-refractivity contribution >= 4 is 35.8 Å². The molecule has 0 saturated carbocycles. The first-order valence-corrected chi connectivity index (χ1v) is 3.20. The van der Waals surface area contributed by atoms with E-state index in [1.165, 1.54) is 0 Å². The molecule has 0 saturated heterocycles. The summed E-state index contributed by atoms with van der Waals surface area (Å²) in [5.74, 6) is -13.1. The second kappa shape index (κ2) is 40.7. The Hall–Kier alpha value is 2.13. The van der Waals surface area contributed by atoms with E-state index in [2.05, 4.69) is 0 Å². The molecule has 6 N–H and O–H groups in total. The molecule has 0 aliphatic carbocycles. The van der Waals surface area contributed by atoms with E-state index in [1.807, 2.05) is 0 Å². The maximum absolute atomic E-state index is 8.93. The molecule has 0 rings (SSSR count). The minimum absolute atomic E-state index is 0. The number of carboxylic acid groups (broad SMARTS) is 6. The number of carbonyl (C=O) groups is 6. The largest absolute Gasteiger partial charge is 1.00 e. The predicted octanol–water partition coefficient (Wildman–Crippen LogP) is -22.0. The van der Waals surface area contributed by atoms with E-state index in [1.54, 1.807) is 0 Å². The van der Waals surface area contributed by atoms with Crippen molar-refractivity contribution in [3.05, 3.63) is 0 Å². The van der Waals surface area contributed by atoms with Gasteiger partial charge in [0, 0.05) is 17.1 Å². The van der Waals surface area contributed by atoms with Gasteiger partial charge in [0.2, 0.25) is 0 Å². The van der Waals surface area contributed by atoms with Crippen LogP contribution in [0.3, 0.4) is 0 Å². The summed E-state index contributed by atoms with van der Waals surface area (Å²) in [6.07, 6.45) is 0. The molecule has 19 heteroatoms. The van der Waals surface area contributed by atoms with E-state index < -0.39 is 35.8 Å². The smallest absolute Gasteiger partial charge is 0.543 e. The number of carboxylic acids is 6. The first-order valence-electron chi connectivity index (χ1n) is 3.20. The Morgan fingerprint density at radius 2 is 0.400 bits per heavy atom. The fourth-order valence-corrected chi connectivity index (χ4v) is 0. The van der Waals surface area contributed by atoms with E-state index in [-0.39, 0.29) is 188 Å². The van der Waals surface area contributed by atoms with E-state index in [4.69, 9.17) is 59.4 Å². The normalized spacial score (nSPS) is 5.28. The minimum atomic E-state index is -2.19. The molecule has 15 nitrogen and oxygen atoms in total. The van der Waals surface area contributed by atoms with Crippen molar-refractivity contribution in [1.29, 1.82) is 0 Å². The zero-order chi connectivity index (χ0) is 15.5. The van der Waals surface area contributed by atoms with Gasteiger partial charge in [-0.3, -0.25) is 0 Å². The SMILES string of the molecule is O.O.O.O=C([O-])C(=O)[O-].O=C([O-])C(=O)[O-].O=C([O-])C(=O)[O-].[Fe].[K+].[K+].[K+]. The first kappa shape index (κ1) is 63.1. The molecule has 0 heterocycles. The third-order valence-corrected chi connectivity index (χ3v) is 0.500. The molecule has 0 aliphatic rings. The van der Waals surface area contributed by atoms with E-state index in [9.17, 15) is 0 Å². The van der Waals surface area contributed by atoms with Gasteiger partial charge in [-0.15, -0.1) is 0 Å². The second-order valence-electron chi connectivity index (χ2n) is 1.72. The van der Waals surface area contributed by atoms with Crippen LogP contribution in [0.4, 0.5) is 0 Å². The predicted molar refractivity (Wildman–Crippen MR) is 40.9 cm³/mol. The van der Waals surface area contributed by atoms with Gasteiger partial charge in [0.15, 0.2) is 0 Å². The molecule has 0 atom stereocenters. The Balaban J connectivity index is -0.0000000148.